The molecule has 1 unspecified atom stereocenters. The zero-order valence-corrected chi connectivity index (χ0v) is 35.1. The third-order valence-corrected chi connectivity index (χ3v) is 13.4. The molecule has 0 spiro atoms. The number of piperazine rings is 1. The van der Waals surface area contributed by atoms with E-state index in [1.165, 1.54) is 0 Å². The molecular weight excluding hydrogens is 794 g/mol. The van der Waals surface area contributed by atoms with Crippen LogP contribution in [0.5, 0.6) is 5.75 Å². The predicted octanol–water partition coefficient (Wildman–Crippen LogP) is 4.78. The highest BCUT2D eigenvalue weighted by atomic mass is 35.5. The molecule has 0 saturated carbocycles. The van der Waals surface area contributed by atoms with Gasteiger partial charge in [-0.2, -0.15) is 5.26 Å². The Morgan fingerprint density at radius 2 is 1.51 bits per heavy atom. The summed E-state index contributed by atoms with van der Waals surface area (Å²) in [6.07, 6.45) is 4.15. The molecule has 6 heterocycles. The van der Waals surface area contributed by atoms with Gasteiger partial charge in [0.1, 0.15) is 18.4 Å². The standard InChI is InChI=1S/C46H48ClN9O5/c1-46(2,31-21-29(25-48)22-32(47)23-31)30-3-6-37(7-4-30)61-28-33-11-14-49-45(50-33)54-15-12-34(13-16-54)52-17-19-53(20-18-52)36-26-55(27-36)35-5-8-38-39(24-35)44(60)56(43(38)59)40-9-10-41(57)51-42(40)58/h3-8,11,14,21-24,34,36,40H,9-10,12-13,15-20,26-28H2,1-2H3,(H,51,57,58). The Bertz CT molecular complexity index is 2410. The van der Waals surface area contributed by atoms with Gasteiger partial charge in [0.05, 0.1) is 28.5 Å². The fourth-order valence-electron chi connectivity index (χ4n) is 9.38. The van der Waals surface area contributed by atoms with Gasteiger partial charge in [-0.3, -0.25) is 39.2 Å². The first-order valence-electron chi connectivity index (χ1n) is 21.1. The van der Waals surface area contributed by atoms with Crippen LogP contribution in [-0.4, -0.2) is 119 Å². The van der Waals surface area contributed by atoms with Gasteiger partial charge < -0.3 is 14.5 Å². The third kappa shape index (κ3) is 8.05. The van der Waals surface area contributed by atoms with Crippen LogP contribution in [0.4, 0.5) is 11.6 Å². The second-order valence-corrected chi connectivity index (χ2v) is 17.6. The molecule has 1 aromatic heterocycles. The Morgan fingerprint density at radius 1 is 0.803 bits per heavy atom. The summed E-state index contributed by atoms with van der Waals surface area (Å²) in [5.74, 6) is -0.467. The highest BCUT2D eigenvalue weighted by Crippen LogP contribution is 2.36. The molecule has 3 aromatic carbocycles. The zero-order chi connectivity index (χ0) is 42.4. The van der Waals surface area contributed by atoms with Crippen molar-refractivity contribution < 1.29 is 23.9 Å². The van der Waals surface area contributed by atoms with E-state index in [-0.39, 0.29) is 24.2 Å². The Balaban J connectivity index is 0.718. The number of aromatic nitrogens is 2. The maximum atomic E-state index is 13.3. The number of nitriles is 1. The Morgan fingerprint density at radius 3 is 2.21 bits per heavy atom. The minimum atomic E-state index is -0.967. The average Bonchev–Trinajstić information content (AvgIpc) is 3.50. The summed E-state index contributed by atoms with van der Waals surface area (Å²) in [7, 11) is 0. The molecule has 1 N–H and O–H groups in total. The molecule has 4 amide bonds. The minimum absolute atomic E-state index is 0.0964. The highest BCUT2D eigenvalue weighted by Gasteiger charge is 2.45. The van der Waals surface area contributed by atoms with E-state index < -0.39 is 23.8 Å². The summed E-state index contributed by atoms with van der Waals surface area (Å²) < 4.78 is 6.15. The van der Waals surface area contributed by atoms with Crippen LogP contribution in [0.25, 0.3) is 0 Å². The molecule has 5 aliphatic heterocycles. The molecule has 15 heteroatoms. The van der Waals surface area contributed by atoms with Crippen LogP contribution in [0, 0.1) is 11.3 Å². The molecule has 5 aliphatic rings. The fourth-order valence-corrected chi connectivity index (χ4v) is 9.61. The molecule has 61 heavy (non-hydrogen) atoms. The number of nitrogens with zero attached hydrogens (tertiary/aromatic N) is 8. The van der Waals surface area contributed by atoms with E-state index in [1.807, 2.05) is 54.7 Å². The van der Waals surface area contributed by atoms with Crippen molar-refractivity contribution in [3.05, 3.63) is 111 Å². The predicted molar refractivity (Wildman–Crippen MR) is 229 cm³/mol. The van der Waals surface area contributed by atoms with Crippen LogP contribution in [0.3, 0.4) is 0 Å². The van der Waals surface area contributed by atoms with Crippen LogP contribution in [-0.2, 0) is 21.6 Å². The monoisotopic (exact) mass is 841 g/mol. The number of fused-ring (bicyclic) bond motifs is 1. The molecule has 4 aromatic rings. The Hall–Kier alpha value is -5.88. The Kier molecular flexibility index (Phi) is 11.0. The summed E-state index contributed by atoms with van der Waals surface area (Å²) in [6, 6.07) is 22.9. The third-order valence-electron chi connectivity index (χ3n) is 13.2. The first kappa shape index (κ1) is 40.5. The van der Waals surface area contributed by atoms with E-state index in [0.717, 1.165) is 104 Å². The van der Waals surface area contributed by atoms with E-state index in [2.05, 4.69) is 49.8 Å². The van der Waals surface area contributed by atoms with Gasteiger partial charge in [-0.25, -0.2) is 9.97 Å². The number of amides is 4. The number of anilines is 2. The molecule has 0 aliphatic carbocycles. The van der Waals surface area contributed by atoms with Crippen molar-refractivity contribution in [3.63, 3.8) is 0 Å². The lowest BCUT2D eigenvalue weighted by Crippen LogP contribution is -2.64. The number of hydrogen-bond donors (Lipinski definition) is 1. The van der Waals surface area contributed by atoms with E-state index >= 15 is 0 Å². The van der Waals surface area contributed by atoms with Gasteiger partial charge in [0.2, 0.25) is 17.8 Å². The van der Waals surface area contributed by atoms with Crippen molar-refractivity contribution in [2.75, 3.05) is 62.2 Å². The summed E-state index contributed by atoms with van der Waals surface area (Å²) in [4.78, 5) is 70.7. The van der Waals surface area contributed by atoms with Crippen LogP contribution >= 0.6 is 11.6 Å². The smallest absolute Gasteiger partial charge is 0.262 e. The van der Waals surface area contributed by atoms with Crippen molar-refractivity contribution in [2.45, 2.75) is 69.7 Å². The topological polar surface area (TPSA) is 155 Å². The fraction of sp³-hybridized carbons (Fsp3) is 0.413. The van der Waals surface area contributed by atoms with Gasteiger partial charge in [0, 0.05) is 93.2 Å². The maximum Gasteiger partial charge on any atom is 0.262 e. The van der Waals surface area contributed by atoms with Crippen molar-refractivity contribution >= 4 is 46.9 Å². The van der Waals surface area contributed by atoms with Gasteiger partial charge in [0.15, 0.2) is 0 Å². The maximum absolute atomic E-state index is 13.3. The molecular formula is C46H48ClN9O5. The molecule has 4 fully saturated rings. The molecule has 9 rings (SSSR count). The second kappa shape index (κ2) is 16.5. The van der Waals surface area contributed by atoms with E-state index in [0.29, 0.717) is 40.4 Å². The van der Waals surface area contributed by atoms with Crippen molar-refractivity contribution in [2.24, 2.45) is 0 Å². The number of nitrogens with one attached hydrogen (secondary N) is 1. The van der Waals surface area contributed by atoms with Gasteiger partial charge in [-0.15, -0.1) is 0 Å². The van der Waals surface area contributed by atoms with E-state index in [1.54, 1.807) is 18.2 Å². The summed E-state index contributed by atoms with van der Waals surface area (Å²) in [5.41, 5.74) is 4.58. The molecule has 0 radical (unpaired) electrons. The molecule has 14 nitrogen and oxygen atoms in total. The number of rotatable bonds is 10. The number of benzene rings is 3. The number of hydrogen-bond acceptors (Lipinski definition) is 12. The van der Waals surface area contributed by atoms with Gasteiger partial charge >= 0.3 is 0 Å². The van der Waals surface area contributed by atoms with Crippen molar-refractivity contribution in [3.8, 4) is 11.8 Å². The van der Waals surface area contributed by atoms with Gasteiger partial charge in [-0.1, -0.05) is 37.6 Å². The normalized spacial score (nSPS) is 20.7. The van der Waals surface area contributed by atoms with Gasteiger partial charge in [0.25, 0.3) is 11.8 Å². The number of carbonyl (C=O) groups excluding carboxylic acids is 4. The lowest BCUT2D eigenvalue weighted by atomic mass is 9.78. The number of imide groups is 2. The van der Waals surface area contributed by atoms with Crippen LogP contribution in [0.2, 0.25) is 5.02 Å². The highest BCUT2D eigenvalue weighted by molar-refractivity contribution is 6.30. The largest absolute Gasteiger partial charge is 0.487 e. The molecule has 0 bridgehead atoms. The molecule has 1 atom stereocenters. The second-order valence-electron chi connectivity index (χ2n) is 17.2. The van der Waals surface area contributed by atoms with Crippen molar-refractivity contribution in [1.82, 2.24) is 30.0 Å². The lowest BCUT2D eigenvalue weighted by molar-refractivity contribution is -0.136. The van der Waals surface area contributed by atoms with Gasteiger partial charge in [-0.05, 0) is 85.0 Å². The molecule has 314 valence electrons. The average molecular weight is 842 g/mol. The zero-order valence-electron chi connectivity index (χ0n) is 34.3. The number of carbonyl (C=O) groups is 4. The summed E-state index contributed by atoms with van der Waals surface area (Å²) in [5, 5.41) is 12.2. The SMILES string of the molecule is CC(C)(c1ccc(OCc2ccnc(N3CCC(N4CCN(C5CN(c6ccc7c(c6)C(=O)N(C6CCC(=O)NC6=O)C7=O)C5)CC4)CC3)n2)cc1)c1cc(Cl)cc(C#N)c1. The van der Waals surface area contributed by atoms with Crippen LogP contribution in [0.15, 0.2) is 72.9 Å². The summed E-state index contributed by atoms with van der Waals surface area (Å²) >= 11 is 6.31. The van der Waals surface area contributed by atoms with Crippen molar-refractivity contribution in [1.29, 1.82) is 5.26 Å². The minimum Gasteiger partial charge on any atom is -0.487 e. The first-order chi connectivity index (χ1) is 29.4. The Labute approximate surface area is 360 Å². The first-order valence-corrected chi connectivity index (χ1v) is 21.4. The quantitative estimate of drug-likeness (QED) is 0.219. The van der Waals surface area contributed by atoms with Crippen LogP contribution in [0.1, 0.15) is 82.6 Å². The lowest BCUT2D eigenvalue weighted by Gasteiger charge is -2.50. The van der Waals surface area contributed by atoms with Crippen LogP contribution < -0.4 is 19.9 Å². The van der Waals surface area contributed by atoms with E-state index in [4.69, 9.17) is 21.3 Å². The number of ether oxygens (including phenoxy) is 1. The molecule has 4 saturated heterocycles. The number of piperidine rings is 2. The summed E-state index contributed by atoms with van der Waals surface area (Å²) in [6.45, 7) is 12.1. The number of halogens is 1. The van der Waals surface area contributed by atoms with E-state index in [9.17, 15) is 24.4 Å².